The number of aromatic hydroxyl groups is 1. The normalized spacial score (nSPS) is 17.3. The molecule has 0 bridgehead atoms. The van der Waals surface area contributed by atoms with Crippen molar-refractivity contribution in [3.63, 3.8) is 0 Å². The maximum atomic E-state index is 13.0. The topological polar surface area (TPSA) is 49.3 Å². The third kappa shape index (κ3) is 2.57. The Morgan fingerprint density at radius 3 is 2.82 bits per heavy atom. The van der Waals surface area contributed by atoms with E-state index in [1.807, 2.05) is 6.92 Å². The van der Waals surface area contributed by atoms with Gasteiger partial charge in [0.15, 0.2) is 0 Å². The Bertz CT molecular complexity index is 429. The van der Waals surface area contributed by atoms with Gasteiger partial charge in [-0.15, -0.1) is 0 Å². The zero-order chi connectivity index (χ0) is 12.4. The Morgan fingerprint density at radius 1 is 1.53 bits per heavy atom. The maximum Gasteiger partial charge on any atom is 0.255 e. The largest absolute Gasteiger partial charge is 0.507 e. The first kappa shape index (κ1) is 11.9. The molecule has 1 aliphatic rings. The number of nitrogens with one attached hydrogen (secondary N) is 1. The third-order valence-electron chi connectivity index (χ3n) is 3.42. The van der Waals surface area contributed by atoms with Crippen molar-refractivity contribution in [2.24, 2.45) is 5.92 Å². The monoisotopic (exact) mass is 237 g/mol. The number of hydrogen-bond acceptors (Lipinski definition) is 2. The molecule has 0 aromatic heterocycles. The van der Waals surface area contributed by atoms with Gasteiger partial charge in [0.2, 0.25) is 0 Å². The molecular formula is C13H16FNO2. The summed E-state index contributed by atoms with van der Waals surface area (Å²) in [5, 5.41) is 12.3. The van der Waals surface area contributed by atoms with Crippen LogP contribution in [0.1, 0.15) is 36.5 Å². The molecule has 3 nitrogen and oxygen atoms in total. The first-order valence-corrected chi connectivity index (χ1v) is 5.87. The van der Waals surface area contributed by atoms with Crippen LogP contribution in [-0.4, -0.2) is 17.1 Å². The van der Waals surface area contributed by atoms with E-state index in [9.17, 15) is 14.3 Å². The molecular weight excluding hydrogens is 221 g/mol. The van der Waals surface area contributed by atoms with E-state index in [1.54, 1.807) is 0 Å². The Labute approximate surface area is 99.7 Å². The van der Waals surface area contributed by atoms with Crippen LogP contribution in [0.4, 0.5) is 4.39 Å². The highest BCUT2D eigenvalue weighted by molar-refractivity contribution is 5.96. The number of carbonyl (C=O) groups excluding carboxylic acids is 1. The maximum absolute atomic E-state index is 13.0. The molecule has 92 valence electrons. The van der Waals surface area contributed by atoms with Gasteiger partial charge in [-0.3, -0.25) is 4.79 Å². The van der Waals surface area contributed by atoms with Crippen LogP contribution in [0, 0.1) is 11.7 Å². The van der Waals surface area contributed by atoms with Gasteiger partial charge in [-0.25, -0.2) is 4.39 Å². The van der Waals surface area contributed by atoms with Gasteiger partial charge in [0, 0.05) is 6.04 Å². The highest BCUT2D eigenvalue weighted by Gasteiger charge is 2.25. The predicted octanol–water partition coefficient (Wildman–Crippen LogP) is 2.45. The molecule has 1 aliphatic carbocycles. The van der Waals surface area contributed by atoms with E-state index >= 15 is 0 Å². The van der Waals surface area contributed by atoms with Gasteiger partial charge in [0.25, 0.3) is 5.91 Å². The summed E-state index contributed by atoms with van der Waals surface area (Å²) in [5.74, 6) is -0.620. The number of halogens is 1. The van der Waals surface area contributed by atoms with E-state index in [2.05, 4.69) is 5.32 Å². The molecule has 0 spiro atoms. The number of amides is 1. The van der Waals surface area contributed by atoms with Crippen molar-refractivity contribution in [3.05, 3.63) is 29.6 Å². The second kappa shape index (κ2) is 4.73. The molecule has 17 heavy (non-hydrogen) atoms. The van der Waals surface area contributed by atoms with E-state index in [-0.39, 0.29) is 17.4 Å². The fourth-order valence-electron chi connectivity index (χ4n) is 2.03. The van der Waals surface area contributed by atoms with Crippen LogP contribution in [0.15, 0.2) is 18.2 Å². The molecule has 1 saturated carbocycles. The molecule has 2 rings (SSSR count). The van der Waals surface area contributed by atoms with Crippen LogP contribution >= 0.6 is 0 Å². The minimum atomic E-state index is -0.524. The number of phenolic OH excluding ortho intramolecular Hbond substituents is 1. The molecule has 4 heteroatoms. The predicted molar refractivity (Wildman–Crippen MR) is 62.3 cm³/mol. The summed E-state index contributed by atoms with van der Waals surface area (Å²) >= 11 is 0. The highest BCUT2D eigenvalue weighted by atomic mass is 19.1. The summed E-state index contributed by atoms with van der Waals surface area (Å²) in [7, 11) is 0. The summed E-state index contributed by atoms with van der Waals surface area (Å²) in [6.45, 7) is 1.94. The van der Waals surface area contributed by atoms with Crippen molar-refractivity contribution in [1.82, 2.24) is 5.32 Å². The van der Waals surface area contributed by atoms with Gasteiger partial charge in [0.05, 0.1) is 5.56 Å². The molecule has 0 heterocycles. The molecule has 1 amide bonds. The van der Waals surface area contributed by atoms with Gasteiger partial charge >= 0.3 is 0 Å². The van der Waals surface area contributed by atoms with Gasteiger partial charge in [-0.2, -0.15) is 0 Å². The second-order valence-electron chi connectivity index (χ2n) is 4.61. The molecule has 0 aliphatic heterocycles. The number of benzene rings is 1. The Morgan fingerprint density at radius 2 is 2.24 bits per heavy atom. The SMILES string of the molecule is CC(NC(=O)c1cc(F)ccc1O)C1CCC1. The van der Waals surface area contributed by atoms with Crippen molar-refractivity contribution in [2.75, 3.05) is 0 Å². The Hall–Kier alpha value is -1.58. The summed E-state index contributed by atoms with van der Waals surface area (Å²) in [6.07, 6.45) is 3.45. The summed E-state index contributed by atoms with van der Waals surface area (Å²) in [6, 6.07) is 3.44. The molecule has 1 aromatic carbocycles. The van der Waals surface area contributed by atoms with Crippen LogP contribution in [-0.2, 0) is 0 Å². The Balaban J connectivity index is 2.05. The molecule has 1 fully saturated rings. The first-order valence-electron chi connectivity index (χ1n) is 5.87. The zero-order valence-electron chi connectivity index (χ0n) is 9.74. The first-order chi connectivity index (χ1) is 8.08. The molecule has 0 saturated heterocycles. The lowest BCUT2D eigenvalue weighted by atomic mass is 9.80. The second-order valence-corrected chi connectivity index (χ2v) is 4.61. The number of rotatable bonds is 3. The summed E-state index contributed by atoms with van der Waals surface area (Å²) in [5.41, 5.74) is -0.00354. The van der Waals surface area contributed by atoms with Crippen LogP contribution in [0.3, 0.4) is 0 Å². The quantitative estimate of drug-likeness (QED) is 0.848. The Kier molecular flexibility index (Phi) is 3.31. The fourth-order valence-corrected chi connectivity index (χ4v) is 2.03. The van der Waals surface area contributed by atoms with Gasteiger partial charge in [0.1, 0.15) is 11.6 Å². The third-order valence-corrected chi connectivity index (χ3v) is 3.42. The van der Waals surface area contributed by atoms with Crippen molar-refractivity contribution in [2.45, 2.75) is 32.2 Å². The lowest BCUT2D eigenvalue weighted by Gasteiger charge is -2.31. The standard InChI is InChI=1S/C13H16FNO2/c1-8(9-3-2-4-9)15-13(17)11-7-10(14)5-6-12(11)16/h5-9,16H,2-4H2,1H3,(H,15,17). The van der Waals surface area contributed by atoms with Crippen LogP contribution < -0.4 is 5.32 Å². The molecule has 2 N–H and O–H groups in total. The fraction of sp³-hybridized carbons (Fsp3) is 0.462. The van der Waals surface area contributed by atoms with Gasteiger partial charge in [-0.1, -0.05) is 6.42 Å². The summed E-state index contributed by atoms with van der Waals surface area (Å²) in [4.78, 5) is 11.8. The zero-order valence-corrected chi connectivity index (χ0v) is 9.74. The van der Waals surface area contributed by atoms with Gasteiger partial charge in [-0.05, 0) is 43.9 Å². The van der Waals surface area contributed by atoms with Crippen molar-refractivity contribution in [3.8, 4) is 5.75 Å². The average Bonchev–Trinajstić information content (AvgIpc) is 2.18. The number of hydrogen-bond donors (Lipinski definition) is 2. The molecule has 0 radical (unpaired) electrons. The van der Waals surface area contributed by atoms with Crippen LogP contribution in [0.25, 0.3) is 0 Å². The number of carbonyl (C=O) groups is 1. The van der Waals surface area contributed by atoms with E-state index in [4.69, 9.17) is 0 Å². The minimum Gasteiger partial charge on any atom is -0.507 e. The number of phenols is 1. The minimum absolute atomic E-state index is 0.00354. The van der Waals surface area contributed by atoms with E-state index in [0.717, 1.165) is 25.0 Å². The van der Waals surface area contributed by atoms with Crippen molar-refractivity contribution < 1.29 is 14.3 Å². The lowest BCUT2D eigenvalue weighted by Crippen LogP contribution is -2.40. The van der Waals surface area contributed by atoms with E-state index < -0.39 is 11.7 Å². The average molecular weight is 237 g/mol. The summed E-state index contributed by atoms with van der Waals surface area (Å²) < 4.78 is 13.0. The van der Waals surface area contributed by atoms with Crippen molar-refractivity contribution >= 4 is 5.91 Å². The van der Waals surface area contributed by atoms with Crippen molar-refractivity contribution in [1.29, 1.82) is 0 Å². The molecule has 1 unspecified atom stereocenters. The lowest BCUT2D eigenvalue weighted by molar-refractivity contribution is 0.0906. The molecule has 1 atom stereocenters. The molecule has 1 aromatic rings. The van der Waals surface area contributed by atoms with Crippen LogP contribution in [0.5, 0.6) is 5.75 Å². The smallest absolute Gasteiger partial charge is 0.255 e. The van der Waals surface area contributed by atoms with E-state index in [1.165, 1.54) is 12.5 Å². The highest BCUT2D eigenvalue weighted by Crippen LogP contribution is 2.29. The van der Waals surface area contributed by atoms with E-state index in [0.29, 0.717) is 5.92 Å². The van der Waals surface area contributed by atoms with Crippen LogP contribution in [0.2, 0.25) is 0 Å². The van der Waals surface area contributed by atoms with Gasteiger partial charge < -0.3 is 10.4 Å².